The van der Waals surface area contributed by atoms with E-state index in [1.165, 1.54) is 12.1 Å². The molecule has 1 atom stereocenters. The van der Waals surface area contributed by atoms with Crippen LogP contribution in [0.25, 0.3) is 10.6 Å². The Labute approximate surface area is 164 Å². The number of nitrogens with zero attached hydrogens (tertiary/aromatic N) is 3. The summed E-state index contributed by atoms with van der Waals surface area (Å²) in [6.45, 7) is 1.05. The fourth-order valence-electron chi connectivity index (χ4n) is 3.53. The summed E-state index contributed by atoms with van der Waals surface area (Å²) in [5.41, 5.74) is 2.87. The largest absolute Gasteiger partial charge is 0.385 e. The Hall–Kier alpha value is -3.04. The van der Waals surface area contributed by atoms with Gasteiger partial charge in [0.15, 0.2) is 5.69 Å². The first-order chi connectivity index (χ1) is 13.6. The minimum absolute atomic E-state index is 0.0184. The van der Waals surface area contributed by atoms with E-state index in [0.29, 0.717) is 25.3 Å². The first-order valence-corrected chi connectivity index (χ1v) is 9.66. The minimum Gasteiger partial charge on any atom is -0.385 e. The molecule has 1 aromatic carbocycles. The summed E-state index contributed by atoms with van der Waals surface area (Å²) >= 11 is 1.56. The van der Waals surface area contributed by atoms with Gasteiger partial charge in [0.05, 0.1) is 21.5 Å². The van der Waals surface area contributed by atoms with Gasteiger partial charge < -0.3 is 9.64 Å². The SMILES string of the molecule is COCCCN1C(=O)c2n[nH]c(-c3cccs3)c2C1c1ccc([N+](=O)[O-])cc1. The molecule has 0 bridgehead atoms. The van der Waals surface area contributed by atoms with Crippen molar-refractivity contribution in [1.29, 1.82) is 0 Å². The minimum atomic E-state index is -0.430. The van der Waals surface area contributed by atoms with E-state index in [0.717, 1.165) is 21.7 Å². The van der Waals surface area contributed by atoms with E-state index in [1.807, 2.05) is 17.5 Å². The van der Waals surface area contributed by atoms with Crippen LogP contribution in [0.1, 0.15) is 34.1 Å². The van der Waals surface area contributed by atoms with Crippen LogP contribution < -0.4 is 0 Å². The molecule has 4 rings (SSSR count). The molecule has 1 N–H and O–H groups in total. The fraction of sp³-hybridized carbons (Fsp3) is 0.263. The molecule has 0 aliphatic carbocycles. The van der Waals surface area contributed by atoms with Crippen molar-refractivity contribution in [2.24, 2.45) is 0 Å². The number of aromatic amines is 1. The monoisotopic (exact) mass is 398 g/mol. The van der Waals surface area contributed by atoms with Crippen molar-refractivity contribution < 1.29 is 14.5 Å². The first-order valence-electron chi connectivity index (χ1n) is 8.78. The molecule has 1 amide bonds. The summed E-state index contributed by atoms with van der Waals surface area (Å²) < 4.78 is 5.13. The van der Waals surface area contributed by atoms with E-state index < -0.39 is 4.92 Å². The predicted octanol–water partition coefficient (Wildman–Crippen LogP) is 3.63. The molecule has 0 saturated heterocycles. The van der Waals surface area contributed by atoms with Crippen LogP contribution >= 0.6 is 11.3 Å². The molecule has 3 heterocycles. The normalized spacial score (nSPS) is 15.8. The topological polar surface area (TPSA) is 101 Å². The Bertz CT molecular complexity index is 998. The number of ether oxygens (including phenoxy) is 1. The number of carbonyl (C=O) groups is 1. The van der Waals surface area contributed by atoms with Gasteiger partial charge in [-0.15, -0.1) is 11.3 Å². The van der Waals surface area contributed by atoms with Crippen molar-refractivity contribution in [3.05, 3.63) is 68.7 Å². The number of methoxy groups -OCH3 is 1. The zero-order valence-corrected chi connectivity index (χ0v) is 15.9. The number of non-ortho nitro benzene ring substituents is 1. The molecule has 0 spiro atoms. The average molecular weight is 398 g/mol. The highest BCUT2D eigenvalue weighted by molar-refractivity contribution is 7.13. The Morgan fingerprint density at radius 3 is 2.75 bits per heavy atom. The Morgan fingerprint density at radius 1 is 1.32 bits per heavy atom. The first kappa shape index (κ1) is 18.3. The second-order valence-electron chi connectivity index (χ2n) is 6.43. The predicted molar refractivity (Wildman–Crippen MR) is 104 cm³/mol. The molecule has 9 heteroatoms. The summed E-state index contributed by atoms with van der Waals surface area (Å²) in [5, 5.41) is 20.3. The van der Waals surface area contributed by atoms with Gasteiger partial charge in [0.2, 0.25) is 0 Å². The van der Waals surface area contributed by atoms with Gasteiger partial charge in [0.25, 0.3) is 11.6 Å². The van der Waals surface area contributed by atoms with E-state index >= 15 is 0 Å². The zero-order valence-electron chi connectivity index (χ0n) is 15.1. The number of aromatic nitrogens is 2. The van der Waals surface area contributed by atoms with Crippen LogP contribution in [0.3, 0.4) is 0 Å². The van der Waals surface area contributed by atoms with Gasteiger partial charge in [0.1, 0.15) is 0 Å². The molecule has 0 radical (unpaired) electrons. The van der Waals surface area contributed by atoms with E-state index in [4.69, 9.17) is 4.74 Å². The molecule has 1 aliphatic heterocycles. The third-order valence-corrected chi connectivity index (χ3v) is 5.67. The van der Waals surface area contributed by atoms with Crippen LogP contribution in [0.2, 0.25) is 0 Å². The van der Waals surface area contributed by atoms with Crippen LogP contribution in [0, 0.1) is 10.1 Å². The Morgan fingerprint density at radius 2 is 2.11 bits per heavy atom. The third-order valence-electron chi connectivity index (χ3n) is 4.79. The number of H-pyrrole nitrogens is 1. The highest BCUT2D eigenvalue weighted by Crippen LogP contribution is 2.43. The fourth-order valence-corrected chi connectivity index (χ4v) is 4.27. The molecule has 28 heavy (non-hydrogen) atoms. The van der Waals surface area contributed by atoms with Crippen molar-refractivity contribution in [3.63, 3.8) is 0 Å². The number of carbonyl (C=O) groups excluding carboxylic acids is 1. The van der Waals surface area contributed by atoms with Crippen LogP contribution in [0.15, 0.2) is 41.8 Å². The van der Waals surface area contributed by atoms with E-state index in [-0.39, 0.29) is 17.6 Å². The number of benzene rings is 1. The lowest BCUT2D eigenvalue weighted by molar-refractivity contribution is -0.384. The molecule has 1 unspecified atom stereocenters. The molecule has 3 aromatic rings. The molecule has 0 saturated carbocycles. The molecule has 2 aromatic heterocycles. The van der Waals surface area contributed by atoms with Crippen molar-refractivity contribution >= 4 is 22.9 Å². The number of hydrogen-bond donors (Lipinski definition) is 1. The van der Waals surface area contributed by atoms with Crippen LogP contribution in [0.5, 0.6) is 0 Å². The lowest BCUT2D eigenvalue weighted by Gasteiger charge is -2.26. The van der Waals surface area contributed by atoms with E-state index in [1.54, 1.807) is 35.5 Å². The van der Waals surface area contributed by atoms with Gasteiger partial charge in [-0.05, 0) is 35.6 Å². The number of amides is 1. The summed E-state index contributed by atoms with van der Waals surface area (Å²) in [6.07, 6.45) is 0.689. The quantitative estimate of drug-likeness (QED) is 0.372. The van der Waals surface area contributed by atoms with Crippen molar-refractivity contribution in [1.82, 2.24) is 15.1 Å². The van der Waals surface area contributed by atoms with Crippen molar-refractivity contribution in [2.45, 2.75) is 12.5 Å². The van der Waals surface area contributed by atoms with E-state index in [2.05, 4.69) is 10.2 Å². The molecule has 144 valence electrons. The second-order valence-corrected chi connectivity index (χ2v) is 7.38. The number of rotatable bonds is 7. The number of thiophene rings is 1. The molecule has 1 aliphatic rings. The standard InChI is InChI=1S/C19H18N4O4S/c1-27-10-3-9-22-18(12-5-7-13(8-6-12)23(25)26)15-16(14-4-2-11-28-14)20-21-17(15)19(22)24/h2,4-8,11,18H,3,9-10H2,1H3,(H,20,21). The van der Waals surface area contributed by atoms with Crippen molar-refractivity contribution in [3.8, 4) is 10.6 Å². The summed E-state index contributed by atoms with van der Waals surface area (Å²) in [4.78, 5) is 26.4. The van der Waals surface area contributed by atoms with Gasteiger partial charge in [-0.25, -0.2) is 0 Å². The van der Waals surface area contributed by atoms with E-state index in [9.17, 15) is 14.9 Å². The smallest absolute Gasteiger partial charge is 0.275 e. The lowest BCUT2D eigenvalue weighted by Crippen LogP contribution is -2.31. The maximum absolute atomic E-state index is 13.0. The number of nitrogens with one attached hydrogen (secondary N) is 1. The highest BCUT2D eigenvalue weighted by Gasteiger charge is 2.42. The van der Waals surface area contributed by atoms with Crippen molar-refractivity contribution in [2.75, 3.05) is 20.3 Å². The number of hydrogen-bond acceptors (Lipinski definition) is 6. The van der Waals surface area contributed by atoms with Crippen LogP contribution in [-0.2, 0) is 4.74 Å². The summed E-state index contributed by atoms with van der Waals surface area (Å²) in [6, 6.07) is 9.92. The highest BCUT2D eigenvalue weighted by atomic mass is 32.1. The number of nitro benzene ring substituents is 1. The maximum atomic E-state index is 13.0. The van der Waals surface area contributed by atoms with Gasteiger partial charge >= 0.3 is 0 Å². The van der Waals surface area contributed by atoms with Crippen LogP contribution in [-0.4, -0.2) is 46.2 Å². The van der Waals surface area contributed by atoms with Gasteiger partial charge in [-0.2, -0.15) is 5.10 Å². The van der Waals surface area contributed by atoms with Gasteiger partial charge in [0, 0.05) is 38.0 Å². The molecular weight excluding hydrogens is 380 g/mol. The zero-order chi connectivity index (χ0) is 19.7. The van der Waals surface area contributed by atoms with Gasteiger partial charge in [-0.3, -0.25) is 20.0 Å². The Balaban J connectivity index is 1.79. The lowest BCUT2D eigenvalue weighted by atomic mass is 9.98. The summed E-state index contributed by atoms with van der Waals surface area (Å²) in [7, 11) is 1.62. The average Bonchev–Trinajstić information content (AvgIpc) is 3.41. The third kappa shape index (κ3) is 3.08. The molecular formula is C19H18N4O4S. The Kier molecular flexibility index (Phi) is 4.93. The molecule has 0 fully saturated rings. The number of nitro groups is 1. The second kappa shape index (κ2) is 7.53. The van der Waals surface area contributed by atoms with Gasteiger partial charge in [-0.1, -0.05) is 6.07 Å². The maximum Gasteiger partial charge on any atom is 0.275 e. The molecule has 8 nitrogen and oxygen atoms in total. The van der Waals surface area contributed by atoms with Crippen LogP contribution in [0.4, 0.5) is 5.69 Å². The number of fused-ring (bicyclic) bond motifs is 1. The summed E-state index contributed by atoms with van der Waals surface area (Å²) in [5.74, 6) is -0.145.